The van der Waals surface area contributed by atoms with Crippen molar-refractivity contribution in [2.45, 2.75) is 90.8 Å². The predicted molar refractivity (Wildman–Crippen MR) is 195 cm³/mol. The molecule has 0 radical (unpaired) electrons. The normalized spacial score (nSPS) is 12.5. The van der Waals surface area contributed by atoms with Crippen LogP contribution in [0.4, 0.5) is 0 Å². The Balaban J connectivity index is 1.82. The summed E-state index contributed by atoms with van der Waals surface area (Å²) in [5.41, 5.74) is 3.41. The molecule has 11 heteroatoms. The second-order valence-electron chi connectivity index (χ2n) is 12.5. The van der Waals surface area contributed by atoms with Gasteiger partial charge in [0.1, 0.15) is 12.1 Å². The van der Waals surface area contributed by atoms with E-state index < -0.39 is 48.3 Å². The van der Waals surface area contributed by atoms with Crippen LogP contribution in [0.5, 0.6) is 0 Å². The summed E-state index contributed by atoms with van der Waals surface area (Å²) in [6, 6.07) is 20.7. The first kappa shape index (κ1) is 40.1. The van der Waals surface area contributed by atoms with Crippen LogP contribution >= 0.6 is 0 Å². The van der Waals surface area contributed by atoms with Crippen LogP contribution in [0, 0.1) is 13.8 Å². The highest BCUT2D eigenvalue weighted by atomic mass is 16.5. The molecule has 51 heavy (non-hydrogen) atoms. The minimum atomic E-state index is -1.10. The average molecular weight is 699 g/mol. The van der Waals surface area contributed by atoms with Gasteiger partial charge in [-0.25, -0.2) is 4.79 Å². The molecule has 0 unspecified atom stereocenters. The van der Waals surface area contributed by atoms with Crippen molar-refractivity contribution in [3.05, 3.63) is 107 Å². The summed E-state index contributed by atoms with van der Waals surface area (Å²) < 4.78 is 5.44. The van der Waals surface area contributed by atoms with Gasteiger partial charge in [-0.05, 0) is 55.4 Å². The Hall–Kier alpha value is -5.32. The number of hydrogen-bond donors (Lipinski definition) is 4. The monoisotopic (exact) mass is 698 g/mol. The molecule has 3 aromatic rings. The number of carbonyl (C=O) groups is 6. The first-order chi connectivity index (χ1) is 24.5. The maximum atomic E-state index is 14.0. The quantitative estimate of drug-likeness (QED) is 0.102. The maximum absolute atomic E-state index is 14.0. The summed E-state index contributed by atoms with van der Waals surface area (Å²) in [6.07, 6.45) is 2.09. The van der Waals surface area contributed by atoms with E-state index in [1.165, 1.54) is 0 Å². The van der Waals surface area contributed by atoms with Crippen LogP contribution in [0.15, 0.2) is 78.9 Å². The van der Waals surface area contributed by atoms with Crippen molar-refractivity contribution in [2.24, 2.45) is 0 Å². The number of Topliss-reactive ketones (excluding diaryl/α,β-unsaturated/α-hetero) is 1. The highest BCUT2D eigenvalue weighted by molar-refractivity contribution is 5.97. The Bertz CT molecular complexity index is 1610. The van der Waals surface area contributed by atoms with Crippen LogP contribution in [-0.4, -0.2) is 66.7 Å². The number of aryl methyl sites for hydroxylation is 2. The van der Waals surface area contributed by atoms with Crippen LogP contribution in [0.1, 0.15) is 78.6 Å². The van der Waals surface area contributed by atoms with E-state index in [4.69, 9.17) is 4.74 Å². The molecule has 0 fully saturated rings. The molecule has 0 aliphatic carbocycles. The largest absolute Gasteiger partial charge is 0.454 e. The zero-order valence-electron chi connectivity index (χ0n) is 30.0. The van der Waals surface area contributed by atoms with E-state index in [2.05, 4.69) is 21.3 Å². The number of amides is 4. The molecule has 3 rings (SSSR count). The fraction of sp³-hybridized carbons (Fsp3) is 0.400. The predicted octanol–water partition coefficient (Wildman–Crippen LogP) is 4.08. The standard InChI is InChI=1S/C40H50N4O7/c1-5-35(46)41-23-14-13-22-31(34(45)26-51-40(50)37-27(3)16-15-17-28(37)4)43-39(49)33(25-30-20-11-8-12-21-30)44-38(48)32(42-36(47)6-2)24-29-18-9-7-10-19-29/h7-12,15-21,31-33H,5-6,13-14,22-26H2,1-4H3,(H,41,46)(H,42,47)(H,43,49)(H,44,48)/t31-,32-,33-/m0/s1. The Morgan fingerprint density at radius 2 is 1.12 bits per heavy atom. The lowest BCUT2D eigenvalue weighted by molar-refractivity contribution is -0.134. The topological polar surface area (TPSA) is 160 Å². The number of nitrogens with one attached hydrogen (secondary N) is 4. The van der Waals surface area contributed by atoms with Crippen LogP contribution < -0.4 is 21.3 Å². The van der Waals surface area contributed by atoms with Crippen molar-refractivity contribution >= 4 is 35.4 Å². The molecular formula is C40H50N4O7. The van der Waals surface area contributed by atoms with E-state index in [0.717, 1.165) is 11.1 Å². The molecule has 0 saturated carbocycles. The summed E-state index contributed by atoms with van der Waals surface area (Å²) in [6.45, 7) is 6.85. The summed E-state index contributed by atoms with van der Waals surface area (Å²) in [5, 5.41) is 11.2. The number of rotatable bonds is 20. The average Bonchev–Trinajstić information content (AvgIpc) is 3.13. The second-order valence-corrected chi connectivity index (χ2v) is 12.5. The number of esters is 1. The van der Waals surface area contributed by atoms with Gasteiger partial charge in [0.15, 0.2) is 12.4 Å². The van der Waals surface area contributed by atoms with E-state index in [9.17, 15) is 28.8 Å². The molecule has 0 aromatic heterocycles. The van der Waals surface area contributed by atoms with Gasteiger partial charge >= 0.3 is 5.97 Å². The molecule has 0 spiro atoms. The summed E-state index contributed by atoms with van der Waals surface area (Å²) in [7, 11) is 0. The minimum absolute atomic E-state index is 0.0884. The van der Waals surface area contributed by atoms with Crippen molar-refractivity contribution in [3.63, 3.8) is 0 Å². The number of unbranched alkanes of at least 4 members (excludes halogenated alkanes) is 1. The minimum Gasteiger partial charge on any atom is -0.454 e. The Morgan fingerprint density at radius 1 is 0.608 bits per heavy atom. The van der Waals surface area contributed by atoms with Gasteiger partial charge in [0.2, 0.25) is 23.6 Å². The van der Waals surface area contributed by atoms with E-state index in [0.29, 0.717) is 42.5 Å². The van der Waals surface area contributed by atoms with Crippen molar-refractivity contribution in [1.29, 1.82) is 0 Å². The second kappa shape index (κ2) is 21.0. The molecule has 11 nitrogen and oxygen atoms in total. The summed E-state index contributed by atoms with van der Waals surface area (Å²) in [5.74, 6) is -2.71. The molecule has 4 N–H and O–H groups in total. The molecule has 0 saturated heterocycles. The van der Waals surface area contributed by atoms with Gasteiger partial charge in [-0.2, -0.15) is 0 Å². The fourth-order valence-electron chi connectivity index (χ4n) is 5.54. The van der Waals surface area contributed by atoms with Gasteiger partial charge in [0, 0.05) is 32.2 Å². The zero-order valence-corrected chi connectivity index (χ0v) is 30.0. The summed E-state index contributed by atoms with van der Waals surface area (Å²) >= 11 is 0. The molecule has 0 aliphatic heterocycles. The number of hydrogen-bond acceptors (Lipinski definition) is 7. The highest BCUT2D eigenvalue weighted by Gasteiger charge is 2.30. The molecule has 3 atom stereocenters. The van der Waals surface area contributed by atoms with Gasteiger partial charge < -0.3 is 26.0 Å². The van der Waals surface area contributed by atoms with Gasteiger partial charge in [-0.3, -0.25) is 24.0 Å². The molecule has 4 amide bonds. The molecule has 0 bridgehead atoms. The molecular weight excluding hydrogens is 648 g/mol. The Kier molecular flexibility index (Phi) is 16.5. The van der Waals surface area contributed by atoms with Crippen molar-refractivity contribution in [2.75, 3.05) is 13.2 Å². The van der Waals surface area contributed by atoms with Crippen LogP contribution in [0.25, 0.3) is 0 Å². The molecule has 0 heterocycles. The Morgan fingerprint density at radius 3 is 1.65 bits per heavy atom. The SMILES string of the molecule is CCC(=O)NCCCC[C@H](NC(=O)[C@H](Cc1ccccc1)NC(=O)[C@H](Cc1ccccc1)NC(=O)CC)C(=O)COC(=O)c1c(C)cccc1C. The van der Waals surface area contributed by atoms with E-state index >= 15 is 0 Å². The van der Waals surface area contributed by atoms with Gasteiger partial charge in [0.25, 0.3) is 0 Å². The van der Waals surface area contributed by atoms with Crippen molar-refractivity contribution in [3.8, 4) is 0 Å². The van der Waals surface area contributed by atoms with Crippen molar-refractivity contribution in [1.82, 2.24) is 21.3 Å². The van der Waals surface area contributed by atoms with Gasteiger partial charge in [-0.1, -0.05) is 92.7 Å². The van der Waals surface area contributed by atoms with Gasteiger partial charge in [0.05, 0.1) is 11.6 Å². The van der Waals surface area contributed by atoms with E-state index in [1.807, 2.05) is 66.7 Å². The van der Waals surface area contributed by atoms with Gasteiger partial charge in [-0.15, -0.1) is 0 Å². The third-order valence-corrected chi connectivity index (χ3v) is 8.47. The summed E-state index contributed by atoms with van der Waals surface area (Å²) in [4.78, 5) is 78.4. The number of ketones is 1. The van der Waals surface area contributed by atoms with E-state index in [1.54, 1.807) is 39.8 Å². The van der Waals surface area contributed by atoms with Crippen LogP contribution in [0.3, 0.4) is 0 Å². The molecule has 0 aliphatic rings. The lowest BCUT2D eigenvalue weighted by atomic mass is 10.0. The maximum Gasteiger partial charge on any atom is 0.339 e. The third-order valence-electron chi connectivity index (χ3n) is 8.47. The van der Waals surface area contributed by atoms with Crippen LogP contribution in [-0.2, 0) is 41.6 Å². The number of carbonyl (C=O) groups excluding carboxylic acids is 6. The fourth-order valence-corrected chi connectivity index (χ4v) is 5.54. The zero-order chi connectivity index (χ0) is 37.2. The first-order valence-corrected chi connectivity index (χ1v) is 17.5. The lowest BCUT2D eigenvalue weighted by Gasteiger charge is -2.25. The number of benzene rings is 3. The smallest absolute Gasteiger partial charge is 0.339 e. The highest BCUT2D eigenvalue weighted by Crippen LogP contribution is 2.15. The molecule has 272 valence electrons. The van der Waals surface area contributed by atoms with Crippen molar-refractivity contribution < 1.29 is 33.5 Å². The number of ether oxygens (including phenoxy) is 1. The lowest BCUT2D eigenvalue weighted by Crippen LogP contribution is -2.57. The Labute approximate surface area is 300 Å². The van der Waals surface area contributed by atoms with Crippen LogP contribution in [0.2, 0.25) is 0 Å². The van der Waals surface area contributed by atoms with E-state index in [-0.39, 0.29) is 37.5 Å². The molecule has 3 aromatic carbocycles. The first-order valence-electron chi connectivity index (χ1n) is 17.5. The third kappa shape index (κ3) is 13.5.